The quantitative estimate of drug-likeness (QED) is 0.0350. The van der Waals surface area contributed by atoms with Crippen LogP contribution in [0.5, 0.6) is 11.5 Å². The second kappa shape index (κ2) is 43.7. The molecule has 0 aliphatic heterocycles. The van der Waals surface area contributed by atoms with Crippen LogP contribution < -0.4 is 50.9 Å². The third kappa shape index (κ3) is 26.1. The molecule has 29 heteroatoms. The van der Waals surface area contributed by atoms with Gasteiger partial charge in [0.05, 0.1) is 95.6 Å². The summed E-state index contributed by atoms with van der Waals surface area (Å²) in [4.78, 5) is 99.8. The minimum atomic E-state index is -0.857. The molecule has 0 aliphatic carbocycles. The standard InChI is InChI=1S/C20H15FN4O.C20H18FN3O.C19H15ClN2O2.C19H16F2N4O.C19H17FN4O/c1-3-14-5-4-6-15(7-14)20(26)24-17-8-16(21)9-18(10-17)25(2)19-11-22-13-23-12-19;1-14-5-3-6-15(9-14)20(25)23-17-7-4-8-18(11-17)24(2)19-10-16(21)12-22-13-19;1-13-4-2-5-14(8-13)19(23)22-16-9-15(20)10-18(11-16)24-17-6-3-7-21-12-17;1-12-4-3-5-13(6-12)19(26)24-17-8-18(16(21)7-15(17)20)25(2)14-9-22-11-23-10-14;1-13-4-3-5-14(8-13)19(25)23-15-6-7-17(20)18(9-15)24(2)16-10-21-12-22-11-16/h1,4-13H,2H3,(H,24,26);3-13H,1-2H3,(H,23,25);2-12H,1H3,(H,22,23);3-11H,1-2H3,(H,24,26);3-12H,1-2H3,(H,23,25). The Morgan fingerprint density at radius 1 is 0.333 bits per heavy atom. The average Bonchev–Trinajstić information content (AvgIpc) is 0.813. The van der Waals surface area contributed by atoms with Gasteiger partial charge in [-0.25, -0.2) is 51.9 Å². The molecule has 0 atom stereocenters. The van der Waals surface area contributed by atoms with Crippen molar-refractivity contribution in [1.29, 1.82) is 0 Å². The number of carbonyl (C=O) groups is 5. The molecule has 10 aromatic carbocycles. The van der Waals surface area contributed by atoms with Crippen LogP contribution in [0.25, 0.3) is 0 Å². The molecule has 0 bridgehead atoms. The summed E-state index contributed by atoms with van der Waals surface area (Å²) in [7, 11) is 6.89. The molecule has 0 saturated carbocycles. The predicted molar refractivity (Wildman–Crippen MR) is 483 cm³/mol. The molecule has 15 aromatic rings. The molecule has 0 spiro atoms. The van der Waals surface area contributed by atoms with E-state index in [9.17, 15) is 45.9 Å². The predicted octanol–water partition coefficient (Wildman–Crippen LogP) is 21.3. The fourth-order valence-corrected chi connectivity index (χ4v) is 12.3. The van der Waals surface area contributed by atoms with Gasteiger partial charge < -0.3 is 50.9 Å². The zero-order valence-electron chi connectivity index (χ0n) is 69.1. The molecule has 5 aromatic heterocycles. The Labute approximate surface area is 728 Å². The summed E-state index contributed by atoms with van der Waals surface area (Å²) in [6.07, 6.45) is 24.9. The van der Waals surface area contributed by atoms with Crippen molar-refractivity contribution < 1.29 is 50.7 Å². The van der Waals surface area contributed by atoms with E-state index in [1.165, 1.54) is 72.7 Å². The Morgan fingerprint density at radius 3 is 1.27 bits per heavy atom. The lowest BCUT2D eigenvalue weighted by molar-refractivity contribution is 0.101. The van der Waals surface area contributed by atoms with Gasteiger partial charge in [-0.3, -0.25) is 33.9 Å². The molecule has 0 unspecified atom stereocenters. The highest BCUT2D eigenvalue weighted by molar-refractivity contribution is 6.31. The van der Waals surface area contributed by atoms with Crippen LogP contribution in [0, 0.1) is 69.1 Å². The summed E-state index contributed by atoms with van der Waals surface area (Å²) in [6.45, 7) is 7.66. The van der Waals surface area contributed by atoms with E-state index in [4.69, 9.17) is 22.8 Å². The minimum Gasteiger partial charge on any atom is -0.456 e. The average molecular weight is 1710 g/mol. The van der Waals surface area contributed by atoms with E-state index < -0.39 is 35.0 Å². The number of anilines is 13. The highest BCUT2D eigenvalue weighted by Crippen LogP contribution is 2.35. The number of halogens is 6. The molecule has 632 valence electrons. The number of rotatable bonds is 20. The third-order valence-corrected chi connectivity index (χ3v) is 18.7. The van der Waals surface area contributed by atoms with Crippen molar-refractivity contribution in [3.8, 4) is 23.8 Å². The van der Waals surface area contributed by atoms with Crippen molar-refractivity contribution in [3.05, 3.63) is 401 Å². The number of aryl methyl sites for hydroxylation is 4. The van der Waals surface area contributed by atoms with Crippen LogP contribution in [-0.2, 0) is 0 Å². The maximum Gasteiger partial charge on any atom is 0.255 e. The van der Waals surface area contributed by atoms with Gasteiger partial charge in [0.1, 0.15) is 59.6 Å². The molecule has 0 aliphatic rings. The Kier molecular flexibility index (Phi) is 31.3. The molecule has 15 rings (SSSR count). The van der Waals surface area contributed by atoms with Gasteiger partial charge in [-0.1, -0.05) is 100 Å². The summed E-state index contributed by atoms with van der Waals surface area (Å²) >= 11 is 6.12. The van der Waals surface area contributed by atoms with Gasteiger partial charge in [0, 0.05) is 125 Å². The normalized spacial score (nSPS) is 10.3. The molecule has 5 heterocycles. The molecule has 126 heavy (non-hydrogen) atoms. The van der Waals surface area contributed by atoms with E-state index >= 15 is 0 Å². The summed E-state index contributed by atoms with van der Waals surface area (Å²) in [5, 5.41) is 14.2. The molecular formula is C97H81ClF5N17O6. The lowest BCUT2D eigenvalue weighted by Gasteiger charge is -2.20. The molecule has 23 nitrogen and oxygen atoms in total. The fraction of sp³-hybridized carbons (Fsp3) is 0.0825. The first-order valence-corrected chi connectivity index (χ1v) is 38.9. The molecule has 0 fully saturated rings. The van der Waals surface area contributed by atoms with E-state index in [0.29, 0.717) is 107 Å². The molecular weight excluding hydrogens is 1630 g/mol. The van der Waals surface area contributed by atoms with Crippen molar-refractivity contribution in [2.75, 3.05) is 74.4 Å². The highest BCUT2D eigenvalue weighted by Gasteiger charge is 2.21. The Morgan fingerprint density at radius 2 is 0.770 bits per heavy atom. The molecule has 0 saturated heterocycles. The smallest absolute Gasteiger partial charge is 0.255 e. The number of nitrogens with zero attached hydrogens (tertiary/aromatic N) is 12. The van der Waals surface area contributed by atoms with Crippen LogP contribution in [0.4, 0.5) is 95.9 Å². The van der Waals surface area contributed by atoms with Gasteiger partial charge in [0.2, 0.25) is 0 Å². The van der Waals surface area contributed by atoms with Crippen molar-refractivity contribution in [2.24, 2.45) is 0 Å². The summed E-state index contributed by atoms with van der Waals surface area (Å²) in [5.41, 5.74) is 13.3. The van der Waals surface area contributed by atoms with Gasteiger partial charge in [-0.15, -0.1) is 6.42 Å². The van der Waals surface area contributed by atoms with Gasteiger partial charge >= 0.3 is 0 Å². The number of benzene rings is 10. The number of terminal acetylenes is 1. The minimum absolute atomic E-state index is 0.0840. The number of amides is 5. The molecule has 5 amide bonds. The zero-order valence-corrected chi connectivity index (χ0v) is 69.9. The van der Waals surface area contributed by atoms with Crippen LogP contribution >= 0.6 is 11.6 Å². The highest BCUT2D eigenvalue weighted by atomic mass is 35.5. The maximum atomic E-state index is 14.2. The second-order valence-electron chi connectivity index (χ2n) is 28.0. The number of hydrogen-bond acceptors (Lipinski definition) is 18. The number of ether oxygens (including phenoxy) is 1. The number of carbonyl (C=O) groups excluding carboxylic acids is 5. The van der Waals surface area contributed by atoms with Crippen LogP contribution in [0.15, 0.2) is 311 Å². The van der Waals surface area contributed by atoms with Gasteiger partial charge in [-0.2, -0.15) is 0 Å². The number of pyridine rings is 2. The summed E-state index contributed by atoms with van der Waals surface area (Å²) in [6, 6.07) is 63.7. The lowest BCUT2D eigenvalue weighted by atomic mass is 10.1. The summed E-state index contributed by atoms with van der Waals surface area (Å²) < 4.78 is 75.7. The van der Waals surface area contributed by atoms with Crippen LogP contribution in [0.1, 0.15) is 79.6 Å². The monoisotopic (exact) mass is 1710 g/mol. The van der Waals surface area contributed by atoms with Crippen LogP contribution in [0.2, 0.25) is 5.02 Å². The Balaban J connectivity index is 0.000000153. The third-order valence-electron chi connectivity index (χ3n) is 18.5. The number of hydrogen-bond donors (Lipinski definition) is 5. The van der Waals surface area contributed by atoms with Crippen LogP contribution in [0.3, 0.4) is 0 Å². The number of aromatic nitrogens is 8. The lowest BCUT2D eigenvalue weighted by Crippen LogP contribution is -2.16. The molecule has 5 N–H and O–H groups in total. The first-order valence-electron chi connectivity index (χ1n) is 38.5. The van der Waals surface area contributed by atoms with E-state index in [2.05, 4.69) is 72.4 Å². The van der Waals surface area contributed by atoms with Crippen molar-refractivity contribution in [1.82, 2.24) is 39.9 Å². The van der Waals surface area contributed by atoms with E-state index in [0.717, 1.165) is 40.2 Å². The Bertz CT molecular complexity index is 6390. The van der Waals surface area contributed by atoms with Crippen molar-refractivity contribution in [2.45, 2.75) is 27.7 Å². The van der Waals surface area contributed by atoms with Crippen LogP contribution in [-0.4, -0.2) is 97.6 Å². The van der Waals surface area contributed by atoms with Crippen molar-refractivity contribution >= 4 is 115 Å². The maximum absolute atomic E-state index is 14.2. The van der Waals surface area contributed by atoms with Crippen molar-refractivity contribution in [3.63, 3.8) is 0 Å². The first kappa shape index (κ1) is 90.4. The number of nitrogens with one attached hydrogen (secondary N) is 5. The SMILES string of the molecule is C#Cc1cccc(C(=O)Nc2cc(F)cc(N(C)c3cncnc3)c2)c1.Cc1cccc(C(=O)Nc2cc(Cl)cc(Oc3cccnc3)c2)c1.Cc1cccc(C(=O)Nc2cc(N(C)c3cncnc3)c(F)cc2F)c1.Cc1cccc(C(=O)Nc2ccc(F)c(N(C)c3cncnc3)c2)c1.Cc1cccc(C(=O)Nc2cccc(N(C)c3cncc(F)c3)c2)c1. The first-order chi connectivity index (χ1) is 60.7. The zero-order chi connectivity index (χ0) is 89.8. The summed E-state index contributed by atoms with van der Waals surface area (Å²) in [5.74, 6) is -0.756. The molecule has 0 radical (unpaired) electrons. The van der Waals surface area contributed by atoms with Gasteiger partial charge in [-0.05, 0) is 179 Å². The second-order valence-corrected chi connectivity index (χ2v) is 28.5. The van der Waals surface area contributed by atoms with Gasteiger partial charge in [0.15, 0.2) is 0 Å². The topological polar surface area (TPSA) is 271 Å². The van der Waals surface area contributed by atoms with E-state index in [1.807, 2.05) is 114 Å². The van der Waals surface area contributed by atoms with E-state index in [1.54, 1.807) is 188 Å². The Hall–Kier alpha value is -16.4. The van der Waals surface area contributed by atoms with Gasteiger partial charge in [0.25, 0.3) is 29.5 Å². The fourth-order valence-electron chi connectivity index (χ4n) is 12.1. The van der Waals surface area contributed by atoms with E-state index in [-0.39, 0.29) is 35.0 Å². The largest absolute Gasteiger partial charge is 0.456 e.